The summed E-state index contributed by atoms with van der Waals surface area (Å²) >= 11 is -0.0869. The highest BCUT2D eigenvalue weighted by Gasteiger charge is 2.27. The predicted molar refractivity (Wildman–Crippen MR) is 58.3 cm³/mol. The molecule has 1 aromatic carbocycles. The van der Waals surface area contributed by atoms with Gasteiger partial charge in [0.1, 0.15) is 5.75 Å². The van der Waals surface area contributed by atoms with E-state index >= 15 is 0 Å². The molecule has 2 N–H and O–H groups in total. The van der Waals surface area contributed by atoms with E-state index in [0.29, 0.717) is 12.3 Å². The maximum absolute atomic E-state index is 11.8. The molecule has 0 fully saturated rings. The van der Waals surface area contributed by atoms with Crippen LogP contribution in [0.2, 0.25) is 0 Å². The van der Waals surface area contributed by atoms with E-state index in [4.69, 9.17) is 10.5 Å². The Balaban J connectivity index is 2.32. The largest absolute Gasteiger partial charge is 0.493 e. The van der Waals surface area contributed by atoms with Crippen LogP contribution in [0.3, 0.4) is 0 Å². The highest BCUT2D eigenvalue weighted by Crippen LogP contribution is 2.29. The number of benzene rings is 1. The SMILES string of the molecule is NCc1cccc(OCCSC(F)(F)F)c1. The molecule has 16 heavy (non-hydrogen) atoms. The summed E-state index contributed by atoms with van der Waals surface area (Å²) in [4.78, 5) is 0. The van der Waals surface area contributed by atoms with Crippen molar-refractivity contribution in [3.63, 3.8) is 0 Å². The van der Waals surface area contributed by atoms with Crippen molar-refractivity contribution in [2.24, 2.45) is 5.73 Å². The smallest absolute Gasteiger partial charge is 0.441 e. The first kappa shape index (κ1) is 13.2. The van der Waals surface area contributed by atoms with Crippen LogP contribution in [0.25, 0.3) is 0 Å². The number of rotatable bonds is 5. The summed E-state index contributed by atoms with van der Waals surface area (Å²) in [5.41, 5.74) is 2.12. The van der Waals surface area contributed by atoms with Crippen LogP contribution in [0.4, 0.5) is 13.2 Å². The van der Waals surface area contributed by atoms with E-state index in [-0.39, 0.29) is 24.1 Å². The lowest BCUT2D eigenvalue weighted by Gasteiger charge is -2.08. The van der Waals surface area contributed by atoms with Gasteiger partial charge in [-0.1, -0.05) is 12.1 Å². The van der Waals surface area contributed by atoms with Crippen molar-refractivity contribution in [2.45, 2.75) is 12.1 Å². The lowest BCUT2D eigenvalue weighted by molar-refractivity contribution is -0.0329. The molecule has 0 amide bonds. The van der Waals surface area contributed by atoms with Crippen molar-refractivity contribution in [3.05, 3.63) is 29.8 Å². The molecular weight excluding hydrogens is 239 g/mol. The zero-order chi connectivity index (χ0) is 12.0. The first-order chi connectivity index (χ1) is 7.51. The molecule has 0 bridgehead atoms. The summed E-state index contributed by atoms with van der Waals surface area (Å²) in [6.07, 6.45) is 0. The quantitative estimate of drug-likeness (QED) is 0.817. The average Bonchev–Trinajstić information content (AvgIpc) is 2.23. The summed E-state index contributed by atoms with van der Waals surface area (Å²) in [6, 6.07) is 7.00. The molecule has 0 aromatic heterocycles. The monoisotopic (exact) mass is 251 g/mol. The molecule has 0 aliphatic rings. The molecule has 0 saturated carbocycles. The molecular formula is C10H12F3NOS. The molecule has 0 radical (unpaired) electrons. The van der Waals surface area contributed by atoms with Crippen LogP contribution >= 0.6 is 11.8 Å². The van der Waals surface area contributed by atoms with E-state index in [1.54, 1.807) is 18.2 Å². The van der Waals surface area contributed by atoms with Crippen LogP contribution in [-0.2, 0) is 6.54 Å². The Hall–Kier alpha value is -0.880. The van der Waals surface area contributed by atoms with Crippen LogP contribution in [0.1, 0.15) is 5.56 Å². The first-order valence-corrected chi connectivity index (χ1v) is 5.62. The second kappa shape index (κ2) is 6.00. The van der Waals surface area contributed by atoms with Gasteiger partial charge in [-0.15, -0.1) is 0 Å². The minimum atomic E-state index is -4.19. The van der Waals surface area contributed by atoms with Crippen molar-refractivity contribution in [3.8, 4) is 5.75 Å². The molecule has 0 saturated heterocycles. The Kier molecular flexibility index (Phi) is 4.95. The van der Waals surface area contributed by atoms with E-state index in [9.17, 15) is 13.2 Å². The van der Waals surface area contributed by atoms with Gasteiger partial charge in [-0.05, 0) is 29.5 Å². The van der Waals surface area contributed by atoms with Crippen LogP contribution in [-0.4, -0.2) is 17.9 Å². The minimum absolute atomic E-state index is 0.0260. The van der Waals surface area contributed by atoms with E-state index in [2.05, 4.69) is 0 Å². The number of hydrogen-bond acceptors (Lipinski definition) is 3. The Morgan fingerprint density at radius 1 is 1.31 bits per heavy atom. The standard InChI is InChI=1S/C10H12F3NOS/c11-10(12,13)16-5-4-15-9-3-1-2-8(6-9)7-14/h1-3,6H,4-5,7,14H2. The van der Waals surface area contributed by atoms with Gasteiger partial charge >= 0.3 is 5.51 Å². The zero-order valence-electron chi connectivity index (χ0n) is 8.46. The van der Waals surface area contributed by atoms with E-state index in [1.807, 2.05) is 6.07 Å². The molecule has 0 aliphatic carbocycles. The molecule has 0 unspecified atom stereocenters. The molecule has 0 spiro atoms. The number of halogens is 3. The number of nitrogens with two attached hydrogens (primary N) is 1. The summed E-state index contributed by atoms with van der Waals surface area (Å²) < 4.78 is 40.5. The van der Waals surface area contributed by atoms with E-state index in [1.165, 1.54) is 0 Å². The van der Waals surface area contributed by atoms with Crippen LogP contribution in [0, 0.1) is 0 Å². The van der Waals surface area contributed by atoms with Gasteiger partial charge in [-0.25, -0.2) is 0 Å². The number of ether oxygens (including phenoxy) is 1. The molecule has 90 valence electrons. The minimum Gasteiger partial charge on any atom is -0.493 e. The second-order valence-corrected chi connectivity index (χ2v) is 4.15. The van der Waals surface area contributed by atoms with Gasteiger partial charge < -0.3 is 10.5 Å². The summed E-state index contributed by atoms with van der Waals surface area (Å²) in [5.74, 6) is 0.432. The molecule has 1 aromatic rings. The van der Waals surface area contributed by atoms with Gasteiger partial charge in [0.15, 0.2) is 0 Å². The molecule has 0 heterocycles. The fourth-order valence-corrected chi connectivity index (χ4v) is 1.48. The average molecular weight is 251 g/mol. The fourth-order valence-electron chi connectivity index (χ4n) is 1.08. The van der Waals surface area contributed by atoms with Gasteiger partial charge in [0, 0.05) is 12.3 Å². The normalized spacial score (nSPS) is 11.5. The molecule has 1 rings (SSSR count). The van der Waals surface area contributed by atoms with Crippen molar-refractivity contribution < 1.29 is 17.9 Å². The van der Waals surface area contributed by atoms with Crippen molar-refractivity contribution in [1.29, 1.82) is 0 Å². The van der Waals surface area contributed by atoms with Crippen molar-refractivity contribution >= 4 is 11.8 Å². The summed E-state index contributed by atoms with van der Waals surface area (Å²) in [6.45, 7) is 0.409. The third kappa shape index (κ3) is 5.27. The van der Waals surface area contributed by atoms with Gasteiger partial charge in [0.05, 0.1) is 6.61 Å². The van der Waals surface area contributed by atoms with Gasteiger partial charge in [0.2, 0.25) is 0 Å². The molecule has 0 aliphatic heterocycles. The third-order valence-electron chi connectivity index (χ3n) is 1.75. The summed E-state index contributed by atoms with van der Waals surface area (Å²) in [7, 11) is 0. The first-order valence-electron chi connectivity index (χ1n) is 4.64. The molecule has 0 atom stereocenters. The van der Waals surface area contributed by atoms with Crippen LogP contribution in [0.15, 0.2) is 24.3 Å². The lowest BCUT2D eigenvalue weighted by atomic mass is 10.2. The number of alkyl halides is 3. The third-order valence-corrected chi connectivity index (χ3v) is 2.45. The Bertz CT molecular complexity index is 330. The fraction of sp³-hybridized carbons (Fsp3) is 0.400. The lowest BCUT2D eigenvalue weighted by Crippen LogP contribution is -2.07. The predicted octanol–water partition coefficient (Wildman–Crippen LogP) is 2.78. The van der Waals surface area contributed by atoms with Gasteiger partial charge in [-0.3, -0.25) is 0 Å². The van der Waals surface area contributed by atoms with Crippen molar-refractivity contribution in [1.82, 2.24) is 0 Å². The van der Waals surface area contributed by atoms with Crippen LogP contribution < -0.4 is 10.5 Å². The Morgan fingerprint density at radius 3 is 2.69 bits per heavy atom. The van der Waals surface area contributed by atoms with Crippen LogP contribution in [0.5, 0.6) is 5.75 Å². The maximum Gasteiger partial charge on any atom is 0.441 e. The van der Waals surface area contributed by atoms with E-state index in [0.717, 1.165) is 5.56 Å². The maximum atomic E-state index is 11.8. The highest BCUT2D eigenvalue weighted by molar-refractivity contribution is 8.00. The molecule has 6 heteroatoms. The second-order valence-electron chi connectivity index (χ2n) is 2.99. The van der Waals surface area contributed by atoms with Gasteiger partial charge in [0.25, 0.3) is 0 Å². The van der Waals surface area contributed by atoms with Gasteiger partial charge in [-0.2, -0.15) is 13.2 Å². The number of thioether (sulfide) groups is 1. The molecule has 2 nitrogen and oxygen atoms in total. The van der Waals surface area contributed by atoms with E-state index < -0.39 is 5.51 Å². The Labute approximate surface area is 96.0 Å². The topological polar surface area (TPSA) is 35.2 Å². The summed E-state index contributed by atoms with van der Waals surface area (Å²) in [5, 5.41) is 0. The zero-order valence-corrected chi connectivity index (χ0v) is 9.27. The number of hydrogen-bond donors (Lipinski definition) is 1. The van der Waals surface area contributed by atoms with Crippen molar-refractivity contribution in [2.75, 3.05) is 12.4 Å². The highest BCUT2D eigenvalue weighted by atomic mass is 32.2. The Morgan fingerprint density at radius 2 is 2.06 bits per heavy atom.